The topological polar surface area (TPSA) is 43.8 Å². The lowest BCUT2D eigenvalue weighted by Gasteiger charge is -2.13. The van der Waals surface area contributed by atoms with Crippen molar-refractivity contribution in [2.45, 2.75) is 52.0 Å². The zero-order valence-electron chi connectivity index (χ0n) is 11.2. The minimum atomic E-state index is 0.110. The average Bonchev–Trinajstić information content (AvgIpc) is 2.47. The Morgan fingerprint density at radius 1 is 1.38 bits per heavy atom. The first kappa shape index (κ1) is 11.6. The summed E-state index contributed by atoms with van der Waals surface area (Å²) >= 11 is 0. The molecule has 3 heteroatoms. The zero-order chi connectivity index (χ0) is 12.3. The predicted octanol–water partition coefficient (Wildman–Crippen LogP) is 2.17. The molecule has 90 valence electrons. The lowest BCUT2D eigenvalue weighted by atomic mass is 9.92. The Balaban J connectivity index is 2.35. The third-order valence-corrected chi connectivity index (χ3v) is 3.91. The molecule has 3 nitrogen and oxygen atoms in total. The fraction of sp³-hybridized carbons (Fsp3) is 0.769. The van der Waals surface area contributed by atoms with Gasteiger partial charge in [-0.25, -0.2) is 0 Å². The first-order chi connectivity index (χ1) is 7.15. The highest BCUT2D eigenvalue weighted by molar-refractivity contribution is 5.32. The molecular weight excluding hydrogens is 198 g/mol. The summed E-state index contributed by atoms with van der Waals surface area (Å²) in [6.45, 7) is 11.0. The summed E-state index contributed by atoms with van der Waals surface area (Å²) < 4.78 is 2.00. The van der Waals surface area contributed by atoms with Crippen molar-refractivity contribution < 1.29 is 0 Å². The zero-order valence-corrected chi connectivity index (χ0v) is 11.2. The van der Waals surface area contributed by atoms with Crippen LogP contribution in [-0.2, 0) is 12.5 Å². The second-order valence-electron chi connectivity index (χ2n) is 6.65. The second kappa shape index (κ2) is 3.10. The molecule has 0 saturated heterocycles. The van der Waals surface area contributed by atoms with E-state index in [0.717, 1.165) is 5.69 Å². The van der Waals surface area contributed by atoms with Crippen molar-refractivity contribution >= 4 is 0 Å². The highest BCUT2D eigenvalue weighted by Gasteiger charge is 2.57. The SMILES string of the molecule is Cn1nc(C(C)(C)C)cc1[C@H]1[C@H](N)C1(C)C. The highest BCUT2D eigenvalue weighted by atomic mass is 15.3. The van der Waals surface area contributed by atoms with Gasteiger partial charge < -0.3 is 5.73 Å². The van der Waals surface area contributed by atoms with Gasteiger partial charge in [-0.15, -0.1) is 0 Å². The number of hydrogen-bond donors (Lipinski definition) is 1. The molecule has 0 aliphatic heterocycles. The number of nitrogens with zero attached hydrogens (tertiary/aromatic N) is 2. The van der Waals surface area contributed by atoms with E-state index < -0.39 is 0 Å². The van der Waals surface area contributed by atoms with Crippen LogP contribution in [0.2, 0.25) is 0 Å². The number of nitrogens with two attached hydrogens (primary N) is 1. The molecule has 2 atom stereocenters. The van der Waals surface area contributed by atoms with Gasteiger partial charge in [0.05, 0.1) is 5.69 Å². The Hall–Kier alpha value is -0.830. The molecule has 2 rings (SSSR count). The van der Waals surface area contributed by atoms with Crippen molar-refractivity contribution in [2.24, 2.45) is 18.2 Å². The van der Waals surface area contributed by atoms with Crippen molar-refractivity contribution in [3.05, 3.63) is 17.5 Å². The molecule has 1 aromatic rings. The summed E-state index contributed by atoms with van der Waals surface area (Å²) in [5.74, 6) is 0.459. The fourth-order valence-electron chi connectivity index (χ4n) is 2.38. The molecule has 2 N–H and O–H groups in total. The Morgan fingerprint density at radius 3 is 2.19 bits per heavy atom. The third-order valence-electron chi connectivity index (χ3n) is 3.91. The van der Waals surface area contributed by atoms with Gasteiger partial charge in [-0.2, -0.15) is 5.10 Å². The molecule has 1 aromatic heterocycles. The van der Waals surface area contributed by atoms with Crippen LogP contribution in [0.5, 0.6) is 0 Å². The number of hydrogen-bond acceptors (Lipinski definition) is 2. The summed E-state index contributed by atoms with van der Waals surface area (Å²) in [6, 6.07) is 2.50. The standard InChI is InChI=1S/C13H23N3/c1-12(2,3)9-7-8(16(6)15-9)10-11(14)13(10,4)5/h7,10-11H,14H2,1-6H3/t10-,11-/m0/s1. The molecule has 1 saturated carbocycles. The van der Waals surface area contributed by atoms with Gasteiger partial charge in [0.1, 0.15) is 0 Å². The van der Waals surface area contributed by atoms with E-state index in [1.165, 1.54) is 5.69 Å². The minimum absolute atomic E-state index is 0.110. The van der Waals surface area contributed by atoms with Gasteiger partial charge in [0.2, 0.25) is 0 Å². The Bertz CT molecular complexity index is 409. The van der Waals surface area contributed by atoms with Gasteiger partial charge in [-0.3, -0.25) is 4.68 Å². The summed E-state index contributed by atoms with van der Waals surface area (Å²) in [5, 5.41) is 4.60. The molecule has 0 aromatic carbocycles. The van der Waals surface area contributed by atoms with Gasteiger partial charge in [-0.1, -0.05) is 34.6 Å². The summed E-state index contributed by atoms with van der Waals surface area (Å²) in [4.78, 5) is 0. The van der Waals surface area contributed by atoms with Crippen LogP contribution in [0.25, 0.3) is 0 Å². The average molecular weight is 221 g/mol. The first-order valence-electron chi connectivity index (χ1n) is 5.95. The van der Waals surface area contributed by atoms with Crippen LogP contribution >= 0.6 is 0 Å². The molecule has 0 amide bonds. The van der Waals surface area contributed by atoms with Crippen molar-refractivity contribution in [2.75, 3.05) is 0 Å². The maximum atomic E-state index is 6.12. The highest BCUT2D eigenvalue weighted by Crippen LogP contribution is 2.57. The molecule has 1 aliphatic carbocycles. The van der Waals surface area contributed by atoms with Crippen LogP contribution < -0.4 is 5.73 Å². The quantitative estimate of drug-likeness (QED) is 0.790. The van der Waals surface area contributed by atoms with Crippen LogP contribution in [-0.4, -0.2) is 15.8 Å². The molecule has 16 heavy (non-hydrogen) atoms. The molecule has 1 fully saturated rings. The predicted molar refractivity (Wildman–Crippen MR) is 66.4 cm³/mol. The monoisotopic (exact) mass is 221 g/mol. The van der Waals surface area contributed by atoms with Crippen LogP contribution in [0.3, 0.4) is 0 Å². The Morgan fingerprint density at radius 2 is 1.88 bits per heavy atom. The Labute approximate surface area is 98.0 Å². The van der Waals surface area contributed by atoms with Crippen molar-refractivity contribution in [1.82, 2.24) is 9.78 Å². The van der Waals surface area contributed by atoms with Gasteiger partial charge >= 0.3 is 0 Å². The van der Waals surface area contributed by atoms with E-state index in [1.807, 2.05) is 11.7 Å². The van der Waals surface area contributed by atoms with Gasteiger partial charge in [0.25, 0.3) is 0 Å². The number of aromatic nitrogens is 2. The van der Waals surface area contributed by atoms with E-state index in [1.54, 1.807) is 0 Å². The molecule has 1 aliphatic rings. The fourth-order valence-corrected chi connectivity index (χ4v) is 2.38. The van der Waals surface area contributed by atoms with E-state index in [0.29, 0.717) is 5.92 Å². The maximum absolute atomic E-state index is 6.12. The first-order valence-corrected chi connectivity index (χ1v) is 5.95. The molecule has 1 heterocycles. The maximum Gasteiger partial charge on any atom is 0.0680 e. The lowest BCUT2D eigenvalue weighted by molar-refractivity contribution is 0.547. The van der Waals surface area contributed by atoms with E-state index in [9.17, 15) is 0 Å². The largest absolute Gasteiger partial charge is 0.327 e. The molecule has 0 spiro atoms. The van der Waals surface area contributed by atoms with E-state index >= 15 is 0 Å². The van der Waals surface area contributed by atoms with E-state index in [2.05, 4.69) is 45.8 Å². The molecule has 0 unspecified atom stereocenters. The molecule has 0 radical (unpaired) electrons. The smallest absolute Gasteiger partial charge is 0.0680 e. The van der Waals surface area contributed by atoms with Gasteiger partial charge in [0, 0.05) is 30.1 Å². The van der Waals surface area contributed by atoms with Crippen LogP contribution in [0.15, 0.2) is 6.07 Å². The third kappa shape index (κ3) is 1.58. The Kier molecular flexibility index (Phi) is 2.26. The normalized spacial score (nSPS) is 28.2. The summed E-state index contributed by atoms with van der Waals surface area (Å²) in [5.41, 5.74) is 8.89. The van der Waals surface area contributed by atoms with Crippen molar-refractivity contribution in [3.8, 4) is 0 Å². The van der Waals surface area contributed by atoms with E-state index in [-0.39, 0.29) is 16.9 Å². The van der Waals surface area contributed by atoms with Crippen molar-refractivity contribution in [1.29, 1.82) is 0 Å². The van der Waals surface area contributed by atoms with Crippen LogP contribution in [0.4, 0.5) is 0 Å². The second-order valence-corrected chi connectivity index (χ2v) is 6.65. The van der Waals surface area contributed by atoms with Crippen molar-refractivity contribution in [3.63, 3.8) is 0 Å². The molecular formula is C13H23N3. The van der Waals surface area contributed by atoms with Gasteiger partial charge in [-0.05, 0) is 11.5 Å². The van der Waals surface area contributed by atoms with E-state index in [4.69, 9.17) is 5.73 Å². The lowest BCUT2D eigenvalue weighted by Crippen LogP contribution is -2.12. The summed E-state index contributed by atoms with van der Waals surface area (Å²) in [7, 11) is 2.02. The van der Waals surface area contributed by atoms with Gasteiger partial charge in [0.15, 0.2) is 0 Å². The van der Waals surface area contributed by atoms with Crippen LogP contribution in [0.1, 0.15) is 51.9 Å². The summed E-state index contributed by atoms with van der Waals surface area (Å²) in [6.07, 6.45) is 0. The number of rotatable bonds is 1. The van der Waals surface area contributed by atoms with Crippen LogP contribution in [0, 0.1) is 5.41 Å². The number of aryl methyl sites for hydroxylation is 1. The molecule has 0 bridgehead atoms. The minimum Gasteiger partial charge on any atom is -0.327 e.